The lowest BCUT2D eigenvalue weighted by atomic mass is 9.77. The van der Waals surface area contributed by atoms with E-state index in [0.717, 1.165) is 12.8 Å². The Balaban J connectivity index is 2.25. The van der Waals surface area contributed by atoms with Crippen LogP contribution in [-0.2, 0) is 4.79 Å². The van der Waals surface area contributed by atoms with Gasteiger partial charge in [-0.1, -0.05) is 13.8 Å². The van der Waals surface area contributed by atoms with Crippen molar-refractivity contribution < 1.29 is 4.79 Å². The van der Waals surface area contributed by atoms with Crippen molar-refractivity contribution in [3.63, 3.8) is 0 Å². The standard InChI is InChI=1S/C7H12O/c1-5(2)6-3-7(8)4-6/h5-6H,3-4H2,1-2H3. The molecule has 0 N–H and O–H groups in total. The number of carbonyl (C=O) groups excluding carboxylic acids is 1. The molecule has 0 saturated heterocycles. The van der Waals surface area contributed by atoms with E-state index in [1.54, 1.807) is 0 Å². The monoisotopic (exact) mass is 112 g/mol. The van der Waals surface area contributed by atoms with Gasteiger partial charge in [0, 0.05) is 12.8 Å². The third kappa shape index (κ3) is 0.908. The molecule has 1 aliphatic carbocycles. The molecule has 0 aromatic carbocycles. The summed E-state index contributed by atoms with van der Waals surface area (Å²) in [5, 5.41) is 0. The lowest BCUT2D eigenvalue weighted by Crippen LogP contribution is -2.27. The summed E-state index contributed by atoms with van der Waals surface area (Å²) in [7, 11) is 0. The van der Waals surface area contributed by atoms with Crippen LogP contribution in [0.25, 0.3) is 0 Å². The SMILES string of the molecule is CC(C)C1CC(=O)C1. The Morgan fingerprint density at radius 1 is 1.50 bits per heavy atom. The van der Waals surface area contributed by atoms with Crippen LogP contribution in [0.5, 0.6) is 0 Å². The van der Waals surface area contributed by atoms with Crippen molar-refractivity contribution in [1.29, 1.82) is 0 Å². The normalized spacial score (nSPS) is 21.6. The van der Waals surface area contributed by atoms with Gasteiger partial charge in [0.15, 0.2) is 0 Å². The largest absolute Gasteiger partial charge is 0.300 e. The van der Waals surface area contributed by atoms with E-state index in [0.29, 0.717) is 17.6 Å². The van der Waals surface area contributed by atoms with Gasteiger partial charge in [0.05, 0.1) is 0 Å². The molecule has 0 bridgehead atoms. The summed E-state index contributed by atoms with van der Waals surface area (Å²) < 4.78 is 0. The zero-order chi connectivity index (χ0) is 6.15. The van der Waals surface area contributed by atoms with Crippen LogP contribution >= 0.6 is 0 Å². The maximum Gasteiger partial charge on any atom is 0.133 e. The second kappa shape index (κ2) is 1.88. The predicted octanol–water partition coefficient (Wildman–Crippen LogP) is 1.62. The topological polar surface area (TPSA) is 17.1 Å². The van der Waals surface area contributed by atoms with Gasteiger partial charge in [-0.3, -0.25) is 4.79 Å². The van der Waals surface area contributed by atoms with Gasteiger partial charge < -0.3 is 0 Å². The number of hydrogen-bond acceptors (Lipinski definition) is 1. The molecular formula is C7H12O. The van der Waals surface area contributed by atoms with Crippen molar-refractivity contribution in [2.75, 3.05) is 0 Å². The van der Waals surface area contributed by atoms with Gasteiger partial charge in [-0.15, -0.1) is 0 Å². The molecule has 0 aliphatic heterocycles. The minimum Gasteiger partial charge on any atom is -0.300 e. The summed E-state index contributed by atoms with van der Waals surface area (Å²) in [5.74, 6) is 1.87. The van der Waals surface area contributed by atoms with Crippen LogP contribution in [0.2, 0.25) is 0 Å². The molecule has 1 fully saturated rings. The number of Topliss-reactive ketones (excluding diaryl/α,β-unsaturated/α-hetero) is 1. The van der Waals surface area contributed by atoms with Gasteiger partial charge in [-0.05, 0) is 11.8 Å². The zero-order valence-electron chi connectivity index (χ0n) is 5.48. The first-order valence-corrected chi connectivity index (χ1v) is 3.22. The minimum atomic E-state index is 0.448. The van der Waals surface area contributed by atoms with Crippen LogP contribution in [0.3, 0.4) is 0 Å². The van der Waals surface area contributed by atoms with Crippen LogP contribution < -0.4 is 0 Å². The van der Waals surface area contributed by atoms with Gasteiger partial charge >= 0.3 is 0 Å². The molecule has 0 radical (unpaired) electrons. The van der Waals surface area contributed by atoms with Crippen LogP contribution in [0.1, 0.15) is 26.7 Å². The second-order valence-electron chi connectivity index (χ2n) is 2.95. The van der Waals surface area contributed by atoms with E-state index >= 15 is 0 Å². The Morgan fingerprint density at radius 2 is 2.00 bits per heavy atom. The molecule has 1 aliphatic rings. The van der Waals surface area contributed by atoms with Crippen molar-refractivity contribution in [1.82, 2.24) is 0 Å². The van der Waals surface area contributed by atoms with Crippen molar-refractivity contribution in [2.24, 2.45) is 11.8 Å². The molecule has 0 atom stereocenters. The Labute approximate surface area is 50.1 Å². The average molecular weight is 112 g/mol. The molecule has 0 unspecified atom stereocenters. The summed E-state index contributed by atoms with van der Waals surface area (Å²) in [6, 6.07) is 0. The highest BCUT2D eigenvalue weighted by molar-refractivity contribution is 5.84. The van der Waals surface area contributed by atoms with Crippen LogP contribution in [0, 0.1) is 11.8 Å². The van der Waals surface area contributed by atoms with Gasteiger partial charge in [-0.25, -0.2) is 0 Å². The van der Waals surface area contributed by atoms with Gasteiger partial charge in [0.25, 0.3) is 0 Å². The van der Waals surface area contributed by atoms with Gasteiger partial charge in [-0.2, -0.15) is 0 Å². The van der Waals surface area contributed by atoms with Crippen molar-refractivity contribution in [3.05, 3.63) is 0 Å². The maximum atomic E-state index is 10.4. The number of carbonyl (C=O) groups is 1. The fourth-order valence-electron chi connectivity index (χ4n) is 0.996. The maximum absolute atomic E-state index is 10.4. The van der Waals surface area contributed by atoms with Crippen molar-refractivity contribution in [3.8, 4) is 0 Å². The average Bonchev–Trinajstić information content (AvgIpc) is 1.57. The van der Waals surface area contributed by atoms with Crippen LogP contribution in [-0.4, -0.2) is 5.78 Å². The molecule has 1 heteroatoms. The van der Waals surface area contributed by atoms with Gasteiger partial charge in [0.1, 0.15) is 5.78 Å². The van der Waals surface area contributed by atoms with Crippen LogP contribution in [0.4, 0.5) is 0 Å². The van der Waals surface area contributed by atoms with E-state index in [1.165, 1.54) is 0 Å². The molecule has 0 aromatic heterocycles. The molecule has 46 valence electrons. The van der Waals surface area contributed by atoms with Gasteiger partial charge in [0.2, 0.25) is 0 Å². The smallest absolute Gasteiger partial charge is 0.133 e. The van der Waals surface area contributed by atoms with E-state index in [-0.39, 0.29) is 0 Å². The summed E-state index contributed by atoms with van der Waals surface area (Å²) in [4.78, 5) is 10.4. The lowest BCUT2D eigenvalue weighted by molar-refractivity contribution is -0.128. The van der Waals surface area contributed by atoms with E-state index in [1.807, 2.05) is 0 Å². The first-order chi connectivity index (χ1) is 3.70. The quantitative estimate of drug-likeness (QED) is 0.503. The van der Waals surface area contributed by atoms with E-state index < -0.39 is 0 Å². The van der Waals surface area contributed by atoms with E-state index in [2.05, 4.69) is 13.8 Å². The molecule has 0 aromatic rings. The fraction of sp³-hybridized carbons (Fsp3) is 0.857. The van der Waals surface area contributed by atoms with Crippen molar-refractivity contribution >= 4 is 5.78 Å². The third-order valence-electron chi connectivity index (χ3n) is 1.92. The van der Waals surface area contributed by atoms with E-state index in [4.69, 9.17) is 0 Å². The first kappa shape index (κ1) is 5.80. The molecule has 1 rings (SSSR count). The third-order valence-corrected chi connectivity index (χ3v) is 1.92. The summed E-state index contributed by atoms with van der Waals surface area (Å²) in [5.41, 5.74) is 0. The van der Waals surface area contributed by atoms with Crippen molar-refractivity contribution in [2.45, 2.75) is 26.7 Å². The number of hydrogen-bond donors (Lipinski definition) is 0. The first-order valence-electron chi connectivity index (χ1n) is 3.22. The van der Waals surface area contributed by atoms with E-state index in [9.17, 15) is 4.79 Å². The predicted molar refractivity (Wildman–Crippen MR) is 32.6 cm³/mol. The summed E-state index contributed by atoms with van der Waals surface area (Å²) in [6.45, 7) is 4.36. The molecule has 0 amide bonds. The summed E-state index contributed by atoms with van der Waals surface area (Å²) in [6.07, 6.45) is 1.69. The lowest BCUT2D eigenvalue weighted by Gasteiger charge is -2.27. The highest BCUT2D eigenvalue weighted by Crippen LogP contribution is 2.29. The second-order valence-corrected chi connectivity index (χ2v) is 2.95. The number of ketones is 1. The summed E-state index contributed by atoms with van der Waals surface area (Å²) >= 11 is 0. The fourth-order valence-corrected chi connectivity index (χ4v) is 0.996. The molecule has 8 heavy (non-hydrogen) atoms. The minimum absolute atomic E-state index is 0.448. The molecule has 0 heterocycles. The number of rotatable bonds is 1. The van der Waals surface area contributed by atoms with Crippen LogP contribution in [0.15, 0.2) is 0 Å². The Hall–Kier alpha value is -0.330. The zero-order valence-corrected chi connectivity index (χ0v) is 5.48. The Morgan fingerprint density at radius 3 is 2.12 bits per heavy atom. The Bertz CT molecular complexity index is 97.0. The highest BCUT2D eigenvalue weighted by Gasteiger charge is 2.28. The highest BCUT2D eigenvalue weighted by atomic mass is 16.1. The molecule has 0 spiro atoms. The Kier molecular flexibility index (Phi) is 1.37. The molecular weight excluding hydrogens is 100 g/mol. The molecule has 1 nitrogen and oxygen atoms in total. The molecule has 1 saturated carbocycles.